The second kappa shape index (κ2) is 9.75. The summed E-state index contributed by atoms with van der Waals surface area (Å²) >= 11 is 0. The van der Waals surface area contributed by atoms with E-state index in [-0.39, 0.29) is 18.4 Å². The van der Waals surface area contributed by atoms with Crippen molar-refractivity contribution in [2.45, 2.75) is 64.3 Å². The summed E-state index contributed by atoms with van der Waals surface area (Å²) in [5.41, 5.74) is 1.15. The van der Waals surface area contributed by atoms with Crippen LogP contribution in [0.5, 0.6) is 0 Å². The van der Waals surface area contributed by atoms with E-state index in [1.54, 1.807) is 0 Å². The summed E-state index contributed by atoms with van der Waals surface area (Å²) in [6.07, 6.45) is 10.4. The molecule has 0 bridgehead atoms. The van der Waals surface area contributed by atoms with Gasteiger partial charge in [-0.1, -0.05) is 56.0 Å². The molecule has 4 nitrogen and oxygen atoms in total. The summed E-state index contributed by atoms with van der Waals surface area (Å²) < 4.78 is 0. The number of carbonyl (C=O) groups excluding carboxylic acids is 2. The number of benzene rings is 1. The first kappa shape index (κ1) is 18.9. The molecule has 2 amide bonds. The fourth-order valence-electron chi connectivity index (χ4n) is 4.06. The minimum Gasteiger partial charge on any atom is -0.347 e. The Morgan fingerprint density at radius 1 is 0.923 bits per heavy atom. The van der Waals surface area contributed by atoms with Gasteiger partial charge in [-0.3, -0.25) is 9.59 Å². The predicted octanol–water partition coefficient (Wildman–Crippen LogP) is 3.90. The van der Waals surface area contributed by atoms with Crippen molar-refractivity contribution < 1.29 is 9.59 Å². The number of carbonyl (C=O) groups is 2. The van der Waals surface area contributed by atoms with Crippen molar-refractivity contribution >= 4 is 11.8 Å². The van der Waals surface area contributed by atoms with Crippen molar-refractivity contribution in [3.05, 3.63) is 35.9 Å². The van der Waals surface area contributed by atoms with E-state index < -0.39 is 0 Å². The Bertz CT molecular complexity index is 577. The van der Waals surface area contributed by atoms with Crippen LogP contribution in [0.15, 0.2) is 30.3 Å². The van der Waals surface area contributed by atoms with E-state index in [0.29, 0.717) is 24.8 Å². The third kappa shape index (κ3) is 5.86. The third-order valence-electron chi connectivity index (χ3n) is 5.91. The molecule has 1 aromatic carbocycles. The van der Waals surface area contributed by atoms with Gasteiger partial charge in [-0.15, -0.1) is 0 Å². The van der Waals surface area contributed by atoms with Gasteiger partial charge in [0.15, 0.2) is 0 Å². The Balaban J connectivity index is 1.48. The fraction of sp³-hybridized carbons (Fsp3) is 0.636. The van der Waals surface area contributed by atoms with Crippen LogP contribution in [0.3, 0.4) is 0 Å². The maximum Gasteiger partial charge on any atom is 0.242 e. The van der Waals surface area contributed by atoms with Gasteiger partial charge >= 0.3 is 0 Å². The van der Waals surface area contributed by atoms with Gasteiger partial charge in [0.2, 0.25) is 11.8 Å². The minimum atomic E-state index is 0.0357. The van der Waals surface area contributed by atoms with E-state index in [9.17, 15) is 9.59 Å². The minimum absolute atomic E-state index is 0.0357. The van der Waals surface area contributed by atoms with Gasteiger partial charge in [0.25, 0.3) is 0 Å². The van der Waals surface area contributed by atoms with E-state index in [1.165, 1.54) is 38.5 Å². The largest absolute Gasteiger partial charge is 0.347 e. The first-order valence-electron chi connectivity index (χ1n) is 10.3. The molecular formula is C22H32N2O2. The zero-order valence-corrected chi connectivity index (χ0v) is 15.8. The molecule has 0 aliphatic heterocycles. The highest BCUT2D eigenvalue weighted by atomic mass is 16.2. The van der Waals surface area contributed by atoms with Crippen LogP contribution < -0.4 is 5.32 Å². The maximum absolute atomic E-state index is 12.7. The second-order valence-electron chi connectivity index (χ2n) is 8.04. The van der Waals surface area contributed by atoms with Gasteiger partial charge < -0.3 is 10.2 Å². The molecule has 2 aliphatic rings. The lowest BCUT2D eigenvalue weighted by molar-refractivity contribution is -0.134. The molecule has 2 aliphatic carbocycles. The Morgan fingerprint density at radius 3 is 2.27 bits per heavy atom. The molecule has 1 aromatic rings. The van der Waals surface area contributed by atoms with Gasteiger partial charge in [0, 0.05) is 19.5 Å². The van der Waals surface area contributed by atoms with E-state index in [1.807, 2.05) is 23.1 Å². The number of rotatable bonds is 8. The number of amides is 2. The van der Waals surface area contributed by atoms with Crippen molar-refractivity contribution in [1.82, 2.24) is 10.2 Å². The van der Waals surface area contributed by atoms with Gasteiger partial charge in [-0.2, -0.15) is 0 Å². The van der Waals surface area contributed by atoms with Gasteiger partial charge in [-0.05, 0) is 43.1 Å². The smallest absolute Gasteiger partial charge is 0.242 e. The summed E-state index contributed by atoms with van der Waals surface area (Å²) in [6, 6.07) is 10.1. The highest BCUT2D eigenvalue weighted by molar-refractivity contribution is 5.84. The van der Waals surface area contributed by atoms with E-state index in [0.717, 1.165) is 24.9 Å². The summed E-state index contributed by atoms with van der Waals surface area (Å²) in [6.45, 7) is 1.58. The number of nitrogens with zero attached hydrogens (tertiary/aromatic N) is 1. The molecule has 0 atom stereocenters. The zero-order valence-electron chi connectivity index (χ0n) is 15.8. The summed E-state index contributed by atoms with van der Waals surface area (Å²) in [5.74, 6) is 1.21. The first-order chi connectivity index (χ1) is 12.7. The molecule has 0 saturated heterocycles. The summed E-state index contributed by atoms with van der Waals surface area (Å²) in [7, 11) is 0. The molecule has 0 spiro atoms. The van der Waals surface area contributed by atoms with Gasteiger partial charge in [0.05, 0.1) is 6.54 Å². The van der Waals surface area contributed by atoms with E-state index >= 15 is 0 Å². The lowest BCUT2D eigenvalue weighted by atomic mass is 9.85. The van der Waals surface area contributed by atoms with Crippen molar-refractivity contribution in [3.63, 3.8) is 0 Å². The Hall–Kier alpha value is -1.84. The van der Waals surface area contributed by atoms with Crippen molar-refractivity contribution in [2.24, 2.45) is 11.8 Å². The van der Waals surface area contributed by atoms with Crippen LogP contribution in [0.25, 0.3) is 0 Å². The number of hydrogen-bond donors (Lipinski definition) is 1. The third-order valence-corrected chi connectivity index (χ3v) is 5.91. The van der Waals surface area contributed by atoms with Crippen LogP contribution in [-0.4, -0.2) is 29.8 Å². The molecule has 2 fully saturated rings. The molecule has 0 unspecified atom stereocenters. The van der Waals surface area contributed by atoms with Crippen molar-refractivity contribution in [3.8, 4) is 0 Å². The summed E-state index contributed by atoms with van der Waals surface area (Å²) in [5, 5.41) is 2.88. The van der Waals surface area contributed by atoms with Crippen LogP contribution in [0.2, 0.25) is 0 Å². The van der Waals surface area contributed by atoms with E-state index in [2.05, 4.69) is 17.4 Å². The molecular weight excluding hydrogens is 324 g/mol. The van der Waals surface area contributed by atoms with Gasteiger partial charge in [-0.25, -0.2) is 0 Å². The van der Waals surface area contributed by atoms with Crippen molar-refractivity contribution in [1.29, 1.82) is 0 Å². The lowest BCUT2D eigenvalue weighted by Gasteiger charge is -2.32. The molecule has 1 N–H and O–H groups in total. The highest BCUT2D eigenvalue weighted by Crippen LogP contribution is 2.28. The molecule has 142 valence electrons. The van der Waals surface area contributed by atoms with Crippen LogP contribution >= 0.6 is 0 Å². The predicted molar refractivity (Wildman–Crippen MR) is 103 cm³/mol. The van der Waals surface area contributed by atoms with Crippen molar-refractivity contribution in [2.75, 3.05) is 13.1 Å². The number of nitrogens with one attached hydrogen (secondary N) is 1. The second-order valence-corrected chi connectivity index (χ2v) is 8.04. The highest BCUT2D eigenvalue weighted by Gasteiger charge is 2.24. The molecule has 2 saturated carbocycles. The Morgan fingerprint density at radius 2 is 1.62 bits per heavy atom. The molecule has 26 heavy (non-hydrogen) atoms. The Labute approximate surface area is 157 Å². The quantitative estimate of drug-likeness (QED) is 0.768. The normalized spacial score (nSPS) is 18.2. The molecule has 4 heteroatoms. The SMILES string of the molecule is O=C(CC1CCCCC1)NCC(=O)N(Cc1ccccc1)CC1CCC1. The first-order valence-corrected chi connectivity index (χ1v) is 10.3. The van der Waals surface area contributed by atoms with Crippen LogP contribution in [0, 0.1) is 11.8 Å². The molecule has 3 rings (SSSR count). The standard InChI is InChI=1S/C22H32N2O2/c25-21(14-18-8-3-1-4-9-18)23-15-22(26)24(17-20-12-7-13-20)16-19-10-5-2-6-11-19/h2,5-6,10-11,18,20H,1,3-4,7-9,12-17H2,(H,23,25). The maximum atomic E-state index is 12.7. The number of hydrogen-bond acceptors (Lipinski definition) is 2. The lowest BCUT2D eigenvalue weighted by Crippen LogP contribution is -2.43. The average Bonchev–Trinajstić information content (AvgIpc) is 2.63. The summed E-state index contributed by atoms with van der Waals surface area (Å²) in [4.78, 5) is 26.9. The fourth-order valence-corrected chi connectivity index (χ4v) is 4.06. The van der Waals surface area contributed by atoms with Crippen LogP contribution in [0.1, 0.15) is 63.4 Å². The van der Waals surface area contributed by atoms with Crippen LogP contribution in [0.4, 0.5) is 0 Å². The molecule has 0 heterocycles. The van der Waals surface area contributed by atoms with E-state index in [4.69, 9.17) is 0 Å². The zero-order chi connectivity index (χ0) is 18.2. The Kier molecular flexibility index (Phi) is 7.10. The monoisotopic (exact) mass is 356 g/mol. The average molecular weight is 357 g/mol. The topological polar surface area (TPSA) is 49.4 Å². The molecule has 0 radical (unpaired) electrons. The molecule has 0 aromatic heterocycles. The van der Waals surface area contributed by atoms with Crippen LogP contribution in [-0.2, 0) is 16.1 Å². The van der Waals surface area contributed by atoms with Gasteiger partial charge in [0.1, 0.15) is 0 Å².